The molecule has 0 radical (unpaired) electrons. The number of rotatable bonds is 3. The van der Waals surface area contributed by atoms with E-state index in [0.29, 0.717) is 21.7 Å². The highest BCUT2D eigenvalue weighted by molar-refractivity contribution is 6.35. The molecule has 2 aromatic heterocycles. The van der Waals surface area contributed by atoms with Gasteiger partial charge in [-0.05, 0) is 48.9 Å². The fourth-order valence-electron chi connectivity index (χ4n) is 2.83. The van der Waals surface area contributed by atoms with Gasteiger partial charge >= 0.3 is 0 Å². The second-order valence-electron chi connectivity index (χ2n) is 5.89. The molecule has 2 heterocycles. The van der Waals surface area contributed by atoms with Crippen molar-refractivity contribution in [3.8, 4) is 11.4 Å². The number of pyridine rings is 1. The molecule has 0 aliphatic heterocycles. The first-order chi connectivity index (χ1) is 12.6. The van der Waals surface area contributed by atoms with Gasteiger partial charge in [0.05, 0.1) is 5.52 Å². The summed E-state index contributed by atoms with van der Waals surface area (Å²) in [4.78, 5) is 13.6. The van der Waals surface area contributed by atoms with Gasteiger partial charge in [-0.3, -0.25) is 4.98 Å². The molecule has 4 rings (SSSR count). The predicted octanol–water partition coefficient (Wildman–Crippen LogP) is 6.05. The fraction of sp³-hybridized carbons (Fsp3) is 0.0500. The van der Waals surface area contributed by atoms with E-state index < -0.39 is 0 Å². The minimum Gasteiger partial charge on any atom is -0.339 e. The molecule has 0 bridgehead atoms. The SMILES string of the molecule is Cc1cccc2nc(-c3cccnc3)nc(Nc3cc(Cl)cc(Cl)c3)c12. The van der Waals surface area contributed by atoms with Crippen LogP contribution in [0.3, 0.4) is 0 Å². The molecule has 0 spiro atoms. The average molecular weight is 381 g/mol. The standard InChI is InChI=1S/C20H14Cl2N4/c1-12-4-2-6-17-18(12)20(24-16-9-14(21)8-15(22)10-16)26-19(25-17)13-5-3-7-23-11-13/h2-11H,1H3,(H,24,25,26). The van der Waals surface area contributed by atoms with Crippen molar-refractivity contribution < 1.29 is 0 Å². The normalized spacial score (nSPS) is 10.9. The van der Waals surface area contributed by atoms with Gasteiger partial charge in [0.25, 0.3) is 0 Å². The van der Waals surface area contributed by atoms with Crippen LogP contribution in [0.15, 0.2) is 60.9 Å². The zero-order valence-corrected chi connectivity index (χ0v) is 15.4. The van der Waals surface area contributed by atoms with E-state index in [0.717, 1.165) is 27.7 Å². The van der Waals surface area contributed by atoms with Crippen LogP contribution < -0.4 is 5.32 Å². The Morgan fingerprint density at radius 2 is 1.73 bits per heavy atom. The third kappa shape index (κ3) is 3.34. The molecule has 0 aliphatic carbocycles. The van der Waals surface area contributed by atoms with Crippen LogP contribution in [0.4, 0.5) is 11.5 Å². The first-order valence-corrected chi connectivity index (χ1v) is 8.76. The summed E-state index contributed by atoms with van der Waals surface area (Å²) in [6.45, 7) is 2.03. The molecule has 0 unspecified atom stereocenters. The molecule has 0 amide bonds. The van der Waals surface area contributed by atoms with Gasteiger partial charge in [-0.25, -0.2) is 9.97 Å². The van der Waals surface area contributed by atoms with Gasteiger partial charge in [0.15, 0.2) is 5.82 Å². The number of benzene rings is 2. The zero-order valence-electron chi connectivity index (χ0n) is 13.9. The molecule has 0 aliphatic rings. The Bertz CT molecular complexity index is 1080. The second-order valence-corrected chi connectivity index (χ2v) is 6.76. The predicted molar refractivity (Wildman–Crippen MR) is 107 cm³/mol. The van der Waals surface area contributed by atoms with Crippen molar-refractivity contribution in [2.24, 2.45) is 0 Å². The number of hydrogen-bond donors (Lipinski definition) is 1. The highest BCUT2D eigenvalue weighted by Gasteiger charge is 2.12. The number of aryl methyl sites for hydroxylation is 1. The van der Waals surface area contributed by atoms with Gasteiger partial charge in [0, 0.05) is 39.1 Å². The van der Waals surface area contributed by atoms with Crippen LogP contribution >= 0.6 is 23.2 Å². The van der Waals surface area contributed by atoms with E-state index in [9.17, 15) is 0 Å². The van der Waals surface area contributed by atoms with Crippen molar-refractivity contribution in [3.63, 3.8) is 0 Å². The molecular weight excluding hydrogens is 367 g/mol. The molecule has 2 aromatic carbocycles. The molecule has 4 aromatic rings. The number of nitrogens with one attached hydrogen (secondary N) is 1. The Morgan fingerprint density at radius 1 is 0.923 bits per heavy atom. The summed E-state index contributed by atoms with van der Waals surface area (Å²) in [7, 11) is 0. The second kappa shape index (κ2) is 6.90. The maximum Gasteiger partial charge on any atom is 0.163 e. The summed E-state index contributed by atoms with van der Waals surface area (Å²) in [6.07, 6.45) is 3.47. The number of halogens is 2. The van der Waals surface area contributed by atoms with Gasteiger partial charge in [-0.15, -0.1) is 0 Å². The lowest BCUT2D eigenvalue weighted by Gasteiger charge is -2.13. The smallest absolute Gasteiger partial charge is 0.163 e. The Balaban J connectivity index is 1.91. The summed E-state index contributed by atoms with van der Waals surface area (Å²) in [5.74, 6) is 1.30. The third-order valence-electron chi connectivity index (χ3n) is 3.98. The van der Waals surface area contributed by atoms with Gasteiger partial charge in [0.1, 0.15) is 5.82 Å². The minimum atomic E-state index is 0.558. The zero-order chi connectivity index (χ0) is 18.1. The van der Waals surface area contributed by atoms with E-state index in [-0.39, 0.29) is 0 Å². The molecule has 26 heavy (non-hydrogen) atoms. The van der Waals surface area contributed by atoms with Crippen molar-refractivity contribution in [1.29, 1.82) is 0 Å². The highest BCUT2D eigenvalue weighted by atomic mass is 35.5. The number of anilines is 2. The van der Waals surface area contributed by atoms with Crippen LogP contribution in [0, 0.1) is 6.92 Å². The molecule has 128 valence electrons. The summed E-state index contributed by atoms with van der Waals surface area (Å²) < 4.78 is 0. The van der Waals surface area contributed by atoms with Crippen molar-refractivity contribution in [1.82, 2.24) is 15.0 Å². The van der Waals surface area contributed by atoms with E-state index in [1.807, 2.05) is 49.4 Å². The molecular formula is C20H14Cl2N4. The Labute approximate surface area is 160 Å². The number of aromatic nitrogens is 3. The van der Waals surface area contributed by atoms with Crippen LogP contribution in [0.5, 0.6) is 0 Å². The topological polar surface area (TPSA) is 50.7 Å². The van der Waals surface area contributed by atoms with Gasteiger partial charge in [-0.1, -0.05) is 35.3 Å². The summed E-state index contributed by atoms with van der Waals surface area (Å²) in [5.41, 5.74) is 3.55. The maximum absolute atomic E-state index is 6.13. The monoisotopic (exact) mass is 380 g/mol. The number of nitrogens with zero attached hydrogens (tertiary/aromatic N) is 3. The van der Waals surface area contributed by atoms with Crippen molar-refractivity contribution >= 4 is 45.6 Å². The Morgan fingerprint density at radius 3 is 2.46 bits per heavy atom. The quantitative estimate of drug-likeness (QED) is 0.469. The van der Waals surface area contributed by atoms with Crippen molar-refractivity contribution in [3.05, 3.63) is 76.5 Å². The first-order valence-electron chi connectivity index (χ1n) is 8.01. The number of fused-ring (bicyclic) bond motifs is 1. The lowest BCUT2D eigenvalue weighted by Crippen LogP contribution is -2.00. The molecule has 0 saturated carbocycles. The van der Waals surface area contributed by atoms with E-state index in [1.165, 1.54) is 0 Å². The largest absolute Gasteiger partial charge is 0.339 e. The number of hydrogen-bond acceptors (Lipinski definition) is 4. The summed E-state index contributed by atoms with van der Waals surface area (Å²) in [5, 5.41) is 5.41. The molecule has 1 N–H and O–H groups in total. The first kappa shape index (κ1) is 16.8. The van der Waals surface area contributed by atoms with E-state index in [1.54, 1.807) is 18.5 Å². The summed E-state index contributed by atoms with van der Waals surface area (Å²) >= 11 is 12.3. The van der Waals surface area contributed by atoms with Crippen LogP contribution in [0.25, 0.3) is 22.3 Å². The minimum absolute atomic E-state index is 0.558. The van der Waals surface area contributed by atoms with Gasteiger partial charge in [0.2, 0.25) is 0 Å². The molecule has 0 saturated heterocycles. The van der Waals surface area contributed by atoms with Crippen LogP contribution in [0.2, 0.25) is 10.0 Å². The van der Waals surface area contributed by atoms with E-state index in [4.69, 9.17) is 33.2 Å². The average Bonchev–Trinajstić information content (AvgIpc) is 2.61. The van der Waals surface area contributed by atoms with E-state index in [2.05, 4.69) is 10.3 Å². The third-order valence-corrected chi connectivity index (χ3v) is 4.41. The molecule has 6 heteroatoms. The van der Waals surface area contributed by atoms with Crippen molar-refractivity contribution in [2.75, 3.05) is 5.32 Å². The fourth-order valence-corrected chi connectivity index (χ4v) is 3.36. The van der Waals surface area contributed by atoms with Crippen molar-refractivity contribution in [2.45, 2.75) is 6.92 Å². The van der Waals surface area contributed by atoms with Crippen LogP contribution in [-0.4, -0.2) is 15.0 Å². The lowest BCUT2D eigenvalue weighted by atomic mass is 10.1. The van der Waals surface area contributed by atoms with Gasteiger partial charge < -0.3 is 5.32 Å². The lowest BCUT2D eigenvalue weighted by molar-refractivity contribution is 1.20. The summed E-state index contributed by atoms with van der Waals surface area (Å²) in [6, 6.07) is 15.1. The van der Waals surface area contributed by atoms with E-state index >= 15 is 0 Å². The van der Waals surface area contributed by atoms with Crippen LogP contribution in [0.1, 0.15) is 5.56 Å². The Kier molecular flexibility index (Phi) is 4.45. The molecule has 0 fully saturated rings. The van der Waals surface area contributed by atoms with Gasteiger partial charge in [-0.2, -0.15) is 0 Å². The highest BCUT2D eigenvalue weighted by Crippen LogP contribution is 2.31. The Hall–Kier alpha value is -2.69. The van der Waals surface area contributed by atoms with Crippen LogP contribution in [-0.2, 0) is 0 Å². The molecule has 4 nitrogen and oxygen atoms in total. The molecule has 0 atom stereocenters. The maximum atomic E-state index is 6.13.